The van der Waals surface area contributed by atoms with Crippen LogP contribution in [0, 0.1) is 5.41 Å². The largest absolute Gasteiger partial charge is 0.444 e. The van der Waals surface area contributed by atoms with Crippen molar-refractivity contribution >= 4 is 6.09 Å². The second kappa shape index (κ2) is 5.29. The highest BCUT2D eigenvalue weighted by molar-refractivity contribution is 5.69. The Kier molecular flexibility index (Phi) is 4.06. The summed E-state index contributed by atoms with van der Waals surface area (Å²) >= 11 is 0. The van der Waals surface area contributed by atoms with Crippen LogP contribution in [0.25, 0.3) is 0 Å². The van der Waals surface area contributed by atoms with Gasteiger partial charge in [-0.25, -0.2) is 4.79 Å². The number of hydrogen-bond donors (Lipinski definition) is 1. The summed E-state index contributed by atoms with van der Waals surface area (Å²) in [6.45, 7) is 11.6. The summed E-state index contributed by atoms with van der Waals surface area (Å²) < 4.78 is 5.37. The lowest BCUT2D eigenvalue weighted by molar-refractivity contribution is -0.112. The van der Waals surface area contributed by atoms with Crippen molar-refractivity contribution in [3.05, 3.63) is 0 Å². The van der Waals surface area contributed by atoms with Crippen LogP contribution in [0.5, 0.6) is 0 Å². The molecule has 110 valence electrons. The minimum absolute atomic E-state index is 0.167. The molecule has 2 heterocycles. The van der Waals surface area contributed by atoms with Gasteiger partial charge in [0.1, 0.15) is 5.60 Å². The Balaban J connectivity index is 1.63. The topological polar surface area (TPSA) is 58.8 Å². The number of nitrogens with two attached hydrogens (primary N) is 1. The Morgan fingerprint density at radius 1 is 1.21 bits per heavy atom. The van der Waals surface area contributed by atoms with Gasteiger partial charge in [-0.05, 0) is 46.7 Å². The molecule has 0 aliphatic carbocycles. The van der Waals surface area contributed by atoms with Crippen LogP contribution < -0.4 is 5.73 Å². The minimum Gasteiger partial charge on any atom is -0.444 e. The van der Waals surface area contributed by atoms with Gasteiger partial charge in [-0.15, -0.1) is 0 Å². The summed E-state index contributed by atoms with van der Waals surface area (Å²) in [6, 6.07) is 0. The Bertz CT molecular complexity index is 324. The molecule has 2 saturated heterocycles. The smallest absolute Gasteiger partial charge is 0.410 e. The molecule has 1 spiro atoms. The van der Waals surface area contributed by atoms with Crippen molar-refractivity contribution in [2.45, 2.75) is 39.2 Å². The average Bonchev–Trinajstić information content (AvgIpc) is 2.15. The molecule has 2 N–H and O–H groups in total. The van der Waals surface area contributed by atoms with E-state index in [0.717, 1.165) is 45.7 Å². The zero-order valence-electron chi connectivity index (χ0n) is 12.4. The number of carbonyl (C=O) groups excluding carboxylic acids is 1. The van der Waals surface area contributed by atoms with Gasteiger partial charge >= 0.3 is 6.09 Å². The standard InChI is InChI=1S/C14H27N3O2/c1-13(2,3)19-12(18)17-10-14(11-17)8-16(9-14)7-5-4-6-15/h4-11,15H2,1-3H3. The lowest BCUT2D eigenvalue weighted by Gasteiger charge is -2.60. The van der Waals surface area contributed by atoms with Crippen molar-refractivity contribution in [3.63, 3.8) is 0 Å². The average molecular weight is 269 g/mol. The fourth-order valence-corrected chi connectivity index (χ4v) is 2.96. The normalized spacial score (nSPS) is 22.0. The van der Waals surface area contributed by atoms with E-state index in [2.05, 4.69) is 4.90 Å². The van der Waals surface area contributed by atoms with E-state index in [1.54, 1.807) is 0 Å². The van der Waals surface area contributed by atoms with Crippen LogP contribution in [0.3, 0.4) is 0 Å². The van der Waals surface area contributed by atoms with Gasteiger partial charge in [-0.1, -0.05) is 0 Å². The quantitative estimate of drug-likeness (QED) is 0.781. The van der Waals surface area contributed by atoms with Crippen LogP contribution in [0.1, 0.15) is 33.6 Å². The summed E-state index contributed by atoms with van der Waals surface area (Å²) in [7, 11) is 0. The van der Waals surface area contributed by atoms with Crippen LogP contribution in [0.4, 0.5) is 4.79 Å². The summed E-state index contributed by atoms with van der Waals surface area (Å²) in [5, 5.41) is 0. The molecule has 2 aliphatic heterocycles. The molecule has 0 atom stereocenters. The zero-order chi connectivity index (χ0) is 14.1. The third kappa shape index (κ3) is 3.60. The van der Waals surface area contributed by atoms with Gasteiger partial charge < -0.3 is 20.3 Å². The number of amides is 1. The highest BCUT2D eigenvalue weighted by atomic mass is 16.6. The van der Waals surface area contributed by atoms with E-state index < -0.39 is 5.60 Å². The number of unbranched alkanes of at least 4 members (excludes halogenated alkanes) is 1. The SMILES string of the molecule is CC(C)(C)OC(=O)N1CC2(CN(CCCCN)C2)C1. The van der Waals surface area contributed by atoms with Gasteiger partial charge in [0.15, 0.2) is 0 Å². The van der Waals surface area contributed by atoms with E-state index in [1.807, 2.05) is 25.7 Å². The maximum atomic E-state index is 11.8. The fraction of sp³-hybridized carbons (Fsp3) is 0.929. The molecule has 5 heteroatoms. The lowest BCUT2D eigenvalue weighted by Crippen LogP contribution is -2.73. The van der Waals surface area contributed by atoms with Gasteiger partial charge in [0.05, 0.1) is 0 Å². The molecular formula is C14H27N3O2. The Morgan fingerprint density at radius 3 is 2.37 bits per heavy atom. The maximum Gasteiger partial charge on any atom is 0.410 e. The third-order valence-electron chi connectivity index (χ3n) is 3.75. The molecule has 0 radical (unpaired) electrons. The molecule has 2 fully saturated rings. The maximum absolute atomic E-state index is 11.8. The van der Waals surface area contributed by atoms with E-state index in [0.29, 0.717) is 5.41 Å². The van der Waals surface area contributed by atoms with Gasteiger partial charge in [-0.3, -0.25) is 0 Å². The van der Waals surface area contributed by atoms with E-state index >= 15 is 0 Å². The molecule has 0 saturated carbocycles. The van der Waals surface area contributed by atoms with Crippen molar-refractivity contribution < 1.29 is 9.53 Å². The number of rotatable bonds is 4. The van der Waals surface area contributed by atoms with Crippen molar-refractivity contribution in [1.29, 1.82) is 0 Å². The highest BCUT2D eigenvalue weighted by Gasteiger charge is 2.53. The Morgan fingerprint density at radius 2 is 1.84 bits per heavy atom. The second-order valence-corrected chi connectivity index (χ2v) is 7.04. The number of hydrogen-bond acceptors (Lipinski definition) is 4. The fourth-order valence-electron chi connectivity index (χ4n) is 2.96. The number of carbonyl (C=O) groups is 1. The molecule has 2 rings (SSSR count). The molecule has 0 bridgehead atoms. The van der Waals surface area contributed by atoms with Crippen molar-refractivity contribution in [2.24, 2.45) is 11.1 Å². The molecule has 0 aromatic carbocycles. The Hall–Kier alpha value is -0.810. The molecule has 0 aromatic rings. The Labute approximate surface area is 116 Å². The van der Waals surface area contributed by atoms with Crippen molar-refractivity contribution in [2.75, 3.05) is 39.3 Å². The number of likely N-dealkylation sites (tertiary alicyclic amines) is 2. The number of ether oxygens (including phenoxy) is 1. The summed E-state index contributed by atoms with van der Waals surface area (Å²) in [5.74, 6) is 0. The first-order valence-electron chi connectivity index (χ1n) is 7.24. The first-order chi connectivity index (χ1) is 8.84. The molecular weight excluding hydrogens is 242 g/mol. The van der Waals surface area contributed by atoms with Crippen molar-refractivity contribution in [1.82, 2.24) is 9.80 Å². The molecule has 0 unspecified atom stereocenters. The predicted molar refractivity (Wildman–Crippen MR) is 75.0 cm³/mol. The summed E-state index contributed by atoms with van der Waals surface area (Å²) in [5.41, 5.74) is 5.46. The van der Waals surface area contributed by atoms with Crippen molar-refractivity contribution in [3.8, 4) is 0 Å². The summed E-state index contributed by atoms with van der Waals surface area (Å²) in [6.07, 6.45) is 2.12. The van der Waals surface area contributed by atoms with E-state index in [4.69, 9.17) is 10.5 Å². The number of nitrogens with zero attached hydrogens (tertiary/aromatic N) is 2. The second-order valence-electron chi connectivity index (χ2n) is 7.04. The third-order valence-corrected chi connectivity index (χ3v) is 3.75. The van der Waals surface area contributed by atoms with E-state index in [1.165, 1.54) is 6.42 Å². The van der Waals surface area contributed by atoms with Crippen LogP contribution in [-0.2, 0) is 4.74 Å². The minimum atomic E-state index is -0.395. The van der Waals surface area contributed by atoms with Gasteiger partial charge in [-0.2, -0.15) is 0 Å². The van der Waals surface area contributed by atoms with Gasteiger partial charge in [0.25, 0.3) is 0 Å². The molecule has 0 aromatic heterocycles. The van der Waals surface area contributed by atoms with E-state index in [-0.39, 0.29) is 6.09 Å². The molecule has 5 nitrogen and oxygen atoms in total. The first kappa shape index (κ1) is 14.6. The van der Waals surface area contributed by atoms with Crippen LogP contribution in [0.15, 0.2) is 0 Å². The first-order valence-corrected chi connectivity index (χ1v) is 7.24. The summed E-state index contributed by atoms with van der Waals surface area (Å²) in [4.78, 5) is 16.1. The van der Waals surface area contributed by atoms with E-state index in [9.17, 15) is 4.79 Å². The van der Waals surface area contributed by atoms with Gasteiger partial charge in [0.2, 0.25) is 0 Å². The molecule has 2 aliphatic rings. The molecule has 19 heavy (non-hydrogen) atoms. The van der Waals surface area contributed by atoms with Crippen LogP contribution in [-0.4, -0.2) is 60.8 Å². The predicted octanol–water partition coefficient (Wildman–Crippen LogP) is 1.28. The zero-order valence-corrected chi connectivity index (χ0v) is 12.4. The van der Waals surface area contributed by atoms with Crippen LogP contribution >= 0.6 is 0 Å². The van der Waals surface area contributed by atoms with Crippen LogP contribution in [0.2, 0.25) is 0 Å². The lowest BCUT2D eigenvalue weighted by atomic mass is 9.73. The highest BCUT2D eigenvalue weighted by Crippen LogP contribution is 2.40. The monoisotopic (exact) mass is 269 g/mol. The molecule has 1 amide bonds. The van der Waals surface area contributed by atoms with Gasteiger partial charge in [0, 0.05) is 31.6 Å².